The van der Waals surface area contributed by atoms with E-state index in [1.807, 2.05) is 0 Å². The van der Waals surface area contributed by atoms with Crippen LogP contribution < -0.4 is 0 Å². The summed E-state index contributed by atoms with van der Waals surface area (Å²) in [5.41, 5.74) is 1.24. The Hall–Kier alpha value is -1.21. The van der Waals surface area contributed by atoms with Crippen molar-refractivity contribution < 1.29 is 8.42 Å². The predicted molar refractivity (Wildman–Crippen MR) is 101 cm³/mol. The average Bonchev–Trinajstić information content (AvgIpc) is 2.93. The van der Waals surface area contributed by atoms with Crippen molar-refractivity contribution in [2.24, 2.45) is 0 Å². The minimum atomic E-state index is -3.56. The van der Waals surface area contributed by atoms with E-state index >= 15 is 0 Å². The van der Waals surface area contributed by atoms with E-state index in [1.165, 1.54) is 29.0 Å². The second kappa shape index (κ2) is 6.50. The van der Waals surface area contributed by atoms with Gasteiger partial charge in [-0.05, 0) is 55.5 Å². The van der Waals surface area contributed by atoms with E-state index in [1.54, 1.807) is 23.5 Å². The lowest BCUT2D eigenvalue weighted by molar-refractivity contribution is 0.594. The molecule has 1 aromatic carbocycles. The molecule has 1 aliphatic rings. The maximum Gasteiger partial charge on any atom is 0.185 e. The third kappa shape index (κ3) is 3.28. The number of nitrogens with zero attached hydrogens (tertiary/aromatic N) is 2. The molecule has 0 saturated carbocycles. The number of hydrogen-bond acceptors (Lipinski definition) is 5. The molecule has 0 bridgehead atoms. The van der Waals surface area contributed by atoms with Gasteiger partial charge in [0, 0.05) is 9.90 Å². The summed E-state index contributed by atoms with van der Waals surface area (Å²) in [5.74, 6) is -0.0570. The molecule has 0 spiro atoms. The molecule has 1 aliphatic carbocycles. The van der Waals surface area contributed by atoms with Crippen molar-refractivity contribution in [2.45, 2.75) is 36.3 Å². The van der Waals surface area contributed by atoms with Crippen LogP contribution in [0.4, 0.5) is 0 Å². The topological polar surface area (TPSA) is 59.9 Å². The third-order valence-corrected chi connectivity index (χ3v) is 7.65. The minimum absolute atomic E-state index is 0.196. The van der Waals surface area contributed by atoms with Crippen LogP contribution in [0.2, 0.25) is 10.2 Å². The Balaban J connectivity index is 1.73. The monoisotopic (exact) mass is 412 g/mol. The first kappa shape index (κ1) is 17.2. The summed E-state index contributed by atoms with van der Waals surface area (Å²) in [6.45, 7) is 0. The molecule has 0 atom stereocenters. The SMILES string of the molecule is O=S(=O)(Cc1nc(Cl)c2c3c(sc2n1)CCCC3)c1ccc(Cl)cc1. The van der Waals surface area contributed by atoms with E-state index in [4.69, 9.17) is 23.2 Å². The van der Waals surface area contributed by atoms with Crippen LogP contribution in [-0.2, 0) is 28.4 Å². The van der Waals surface area contributed by atoms with Gasteiger partial charge in [-0.25, -0.2) is 18.4 Å². The molecule has 0 amide bonds. The van der Waals surface area contributed by atoms with Gasteiger partial charge in [-0.3, -0.25) is 0 Å². The predicted octanol–water partition coefficient (Wildman–Crippen LogP) is 4.85. The van der Waals surface area contributed by atoms with Crippen molar-refractivity contribution in [1.82, 2.24) is 9.97 Å². The van der Waals surface area contributed by atoms with Crippen molar-refractivity contribution in [3.05, 3.63) is 50.7 Å². The standard InChI is InChI=1S/C17H14Cl2N2O2S2/c18-10-5-7-11(8-6-10)25(22,23)9-14-20-16(19)15-12-3-1-2-4-13(12)24-17(15)21-14/h5-8H,1-4,9H2. The van der Waals surface area contributed by atoms with Gasteiger partial charge in [0.15, 0.2) is 9.84 Å². The van der Waals surface area contributed by atoms with Crippen molar-refractivity contribution in [3.8, 4) is 0 Å². The number of benzene rings is 1. The van der Waals surface area contributed by atoms with Crippen LogP contribution in [0.5, 0.6) is 0 Å². The quantitative estimate of drug-likeness (QED) is 0.576. The Labute approximate surface area is 159 Å². The van der Waals surface area contributed by atoms with Gasteiger partial charge in [0.2, 0.25) is 0 Å². The molecule has 0 N–H and O–H groups in total. The Kier molecular flexibility index (Phi) is 4.48. The summed E-state index contributed by atoms with van der Waals surface area (Å²) >= 11 is 13.8. The zero-order chi connectivity index (χ0) is 17.6. The van der Waals surface area contributed by atoms with E-state index in [2.05, 4.69) is 9.97 Å². The number of rotatable bonds is 3. The number of thiophene rings is 1. The van der Waals surface area contributed by atoms with Crippen LogP contribution in [0.25, 0.3) is 10.2 Å². The molecule has 4 rings (SSSR count). The van der Waals surface area contributed by atoms with Crippen LogP contribution >= 0.6 is 34.5 Å². The Morgan fingerprint density at radius 2 is 1.76 bits per heavy atom. The fourth-order valence-corrected chi connectivity index (χ4v) is 6.06. The van der Waals surface area contributed by atoms with Gasteiger partial charge < -0.3 is 0 Å². The smallest absolute Gasteiger partial charge is 0.185 e. The number of fused-ring (bicyclic) bond motifs is 3. The highest BCUT2D eigenvalue weighted by atomic mass is 35.5. The van der Waals surface area contributed by atoms with Gasteiger partial charge in [0.25, 0.3) is 0 Å². The third-order valence-electron chi connectivity index (χ3n) is 4.31. The second-order valence-corrected chi connectivity index (χ2v) is 9.90. The van der Waals surface area contributed by atoms with Crippen molar-refractivity contribution >= 4 is 54.6 Å². The molecular formula is C17H14Cl2N2O2S2. The first-order valence-corrected chi connectivity index (χ1v) is 11.1. The lowest BCUT2D eigenvalue weighted by Gasteiger charge is -2.10. The minimum Gasteiger partial charge on any atom is -0.223 e. The van der Waals surface area contributed by atoms with Gasteiger partial charge in [0.1, 0.15) is 21.6 Å². The molecule has 0 aliphatic heterocycles. The molecule has 25 heavy (non-hydrogen) atoms. The van der Waals surface area contributed by atoms with Gasteiger partial charge in [-0.2, -0.15) is 0 Å². The maximum atomic E-state index is 12.6. The molecule has 8 heteroatoms. The van der Waals surface area contributed by atoms with Gasteiger partial charge in [-0.15, -0.1) is 11.3 Å². The molecule has 2 aromatic heterocycles. The Bertz CT molecular complexity index is 1060. The zero-order valence-corrected chi connectivity index (χ0v) is 16.3. The summed E-state index contributed by atoms with van der Waals surface area (Å²) < 4.78 is 25.2. The molecule has 4 nitrogen and oxygen atoms in total. The summed E-state index contributed by atoms with van der Waals surface area (Å²) in [5, 5.41) is 1.74. The Morgan fingerprint density at radius 1 is 1.04 bits per heavy atom. The second-order valence-electron chi connectivity index (χ2n) is 6.03. The van der Waals surface area contributed by atoms with Crippen LogP contribution in [0.1, 0.15) is 29.1 Å². The lowest BCUT2D eigenvalue weighted by Crippen LogP contribution is -2.08. The van der Waals surface area contributed by atoms with Crippen LogP contribution in [-0.4, -0.2) is 18.4 Å². The van der Waals surface area contributed by atoms with Crippen molar-refractivity contribution in [3.63, 3.8) is 0 Å². The molecule has 0 unspecified atom stereocenters. The number of aromatic nitrogens is 2. The summed E-state index contributed by atoms with van der Waals surface area (Å²) in [6.07, 6.45) is 4.33. The van der Waals surface area contributed by atoms with E-state index in [9.17, 15) is 8.42 Å². The van der Waals surface area contributed by atoms with Gasteiger partial charge in [0.05, 0.1) is 10.3 Å². The van der Waals surface area contributed by atoms with E-state index in [0.29, 0.717) is 10.2 Å². The van der Waals surface area contributed by atoms with Gasteiger partial charge in [-0.1, -0.05) is 23.2 Å². The highest BCUT2D eigenvalue weighted by molar-refractivity contribution is 7.90. The fraction of sp³-hybridized carbons (Fsp3) is 0.294. The normalized spacial score (nSPS) is 14.6. The highest BCUT2D eigenvalue weighted by Crippen LogP contribution is 2.38. The highest BCUT2D eigenvalue weighted by Gasteiger charge is 2.23. The molecular weight excluding hydrogens is 399 g/mol. The van der Waals surface area contributed by atoms with Crippen LogP contribution in [0.15, 0.2) is 29.2 Å². The van der Waals surface area contributed by atoms with Crippen molar-refractivity contribution in [1.29, 1.82) is 0 Å². The molecule has 2 heterocycles. The average molecular weight is 413 g/mol. The van der Waals surface area contributed by atoms with Gasteiger partial charge >= 0.3 is 0 Å². The van der Waals surface area contributed by atoms with E-state index in [0.717, 1.165) is 29.5 Å². The molecule has 130 valence electrons. The molecule has 0 radical (unpaired) electrons. The number of aryl methyl sites for hydroxylation is 2. The summed E-state index contributed by atoms with van der Waals surface area (Å²) in [7, 11) is -3.56. The molecule has 0 fully saturated rings. The fourth-order valence-electron chi connectivity index (χ4n) is 3.11. The number of hydrogen-bond donors (Lipinski definition) is 0. The molecule has 0 saturated heterocycles. The zero-order valence-electron chi connectivity index (χ0n) is 13.1. The van der Waals surface area contributed by atoms with Crippen molar-refractivity contribution in [2.75, 3.05) is 0 Å². The van der Waals surface area contributed by atoms with Crippen LogP contribution in [0.3, 0.4) is 0 Å². The maximum absolute atomic E-state index is 12.6. The summed E-state index contributed by atoms with van der Waals surface area (Å²) in [6, 6.07) is 6.08. The molecule has 3 aromatic rings. The summed E-state index contributed by atoms with van der Waals surface area (Å²) in [4.78, 5) is 11.0. The number of sulfone groups is 1. The van der Waals surface area contributed by atoms with E-state index < -0.39 is 9.84 Å². The largest absolute Gasteiger partial charge is 0.223 e. The van der Waals surface area contributed by atoms with Crippen LogP contribution in [0, 0.1) is 0 Å². The van der Waals surface area contributed by atoms with E-state index in [-0.39, 0.29) is 16.5 Å². The first-order chi connectivity index (χ1) is 11.9. The number of halogens is 2. The lowest BCUT2D eigenvalue weighted by atomic mass is 9.97. The Morgan fingerprint density at radius 3 is 2.52 bits per heavy atom. The first-order valence-electron chi connectivity index (χ1n) is 7.89.